The van der Waals surface area contributed by atoms with Crippen molar-refractivity contribution in [1.29, 1.82) is 0 Å². The largest absolute Gasteiger partial charge is 0.493 e. The molecule has 6 nitrogen and oxygen atoms in total. The molecule has 6 heteroatoms. The lowest BCUT2D eigenvalue weighted by Crippen LogP contribution is -2.26. The van der Waals surface area contributed by atoms with Crippen LogP contribution in [0, 0.1) is 13.8 Å². The summed E-state index contributed by atoms with van der Waals surface area (Å²) in [6.07, 6.45) is 34.1. The summed E-state index contributed by atoms with van der Waals surface area (Å²) >= 11 is 0. The Balaban J connectivity index is 0.797. The maximum Gasteiger partial charge on any atom is 0.197 e. The fraction of sp³-hybridized carbons (Fsp3) is 0.493. The van der Waals surface area contributed by atoms with Gasteiger partial charge in [-0.25, -0.2) is 0 Å². The summed E-state index contributed by atoms with van der Waals surface area (Å²) in [5.74, 6) is 2.07. The molecule has 0 amide bonds. The topological polar surface area (TPSA) is 62.5 Å². The minimum absolute atomic E-state index is 0.00726. The second-order valence-electron chi connectivity index (χ2n) is 24.4. The van der Waals surface area contributed by atoms with Crippen molar-refractivity contribution in [3.63, 3.8) is 0 Å². The van der Waals surface area contributed by atoms with Crippen LogP contribution in [-0.2, 0) is 32.4 Å². The number of nitrogens with zero attached hydrogens (tertiary/aromatic N) is 2. The van der Waals surface area contributed by atoms with Gasteiger partial charge in [-0.3, -0.25) is 9.59 Å². The third kappa shape index (κ3) is 14.2. The van der Waals surface area contributed by atoms with Gasteiger partial charge in [0.15, 0.2) is 10.9 Å². The minimum Gasteiger partial charge on any atom is -0.493 e. The number of ether oxygens (including phenoxy) is 2. The van der Waals surface area contributed by atoms with Crippen molar-refractivity contribution < 1.29 is 9.47 Å². The van der Waals surface area contributed by atoms with Gasteiger partial charge in [0.1, 0.15) is 11.5 Å². The monoisotopic (exact) mass is 1090 g/mol. The number of pyridine rings is 2. The van der Waals surface area contributed by atoms with E-state index in [9.17, 15) is 9.59 Å². The third-order valence-electron chi connectivity index (χ3n) is 18.5. The molecule has 81 heavy (non-hydrogen) atoms. The van der Waals surface area contributed by atoms with E-state index < -0.39 is 0 Å². The first kappa shape index (κ1) is 59.5. The Kier molecular flexibility index (Phi) is 21.4. The van der Waals surface area contributed by atoms with Gasteiger partial charge in [-0.2, -0.15) is 0 Å². The van der Waals surface area contributed by atoms with E-state index in [2.05, 4.69) is 112 Å². The van der Waals surface area contributed by atoms with Gasteiger partial charge < -0.3 is 18.6 Å². The fourth-order valence-electron chi connectivity index (χ4n) is 13.7. The van der Waals surface area contributed by atoms with Crippen LogP contribution in [0.4, 0.5) is 0 Å². The molecule has 8 aromatic rings. The van der Waals surface area contributed by atoms with E-state index in [0.29, 0.717) is 0 Å². The average molecular weight is 1090 g/mol. The Morgan fingerprint density at radius 1 is 0.383 bits per heavy atom. The summed E-state index contributed by atoms with van der Waals surface area (Å²) in [4.78, 5) is 26.8. The Morgan fingerprint density at radius 2 is 0.741 bits per heavy atom. The summed E-state index contributed by atoms with van der Waals surface area (Å²) in [5, 5.41) is 3.24. The van der Waals surface area contributed by atoms with Gasteiger partial charge in [0.2, 0.25) is 0 Å². The van der Waals surface area contributed by atoms with Gasteiger partial charge in [-0.15, -0.1) is 0 Å². The maximum absolute atomic E-state index is 13.4. The van der Waals surface area contributed by atoms with Crippen LogP contribution in [0.15, 0.2) is 119 Å². The highest BCUT2D eigenvalue weighted by molar-refractivity contribution is 5.95. The lowest BCUT2D eigenvalue weighted by molar-refractivity contribution is 0.302. The first-order valence-corrected chi connectivity index (χ1v) is 32.2. The molecular formula is C75H96N2O4. The van der Waals surface area contributed by atoms with Crippen molar-refractivity contribution in [2.45, 2.75) is 213 Å². The molecule has 9 rings (SSSR count). The zero-order valence-electron chi connectivity index (χ0n) is 50.6. The molecule has 0 radical (unpaired) electrons. The predicted octanol–water partition coefficient (Wildman–Crippen LogP) is 20.0. The second-order valence-corrected chi connectivity index (χ2v) is 24.4. The van der Waals surface area contributed by atoms with Crippen LogP contribution in [-0.4, -0.2) is 22.3 Å². The van der Waals surface area contributed by atoms with Crippen molar-refractivity contribution in [1.82, 2.24) is 9.13 Å². The van der Waals surface area contributed by atoms with Crippen molar-refractivity contribution >= 4 is 43.6 Å². The lowest BCUT2D eigenvalue weighted by Gasteiger charge is -2.33. The van der Waals surface area contributed by atoms with Crippen LogP contribution in [0.25, 0.3) is 54.7 Å². The van der Waals surface area contributed by atoms with Gasteiger partial charge in [-0.1, -0.05) is 191 Å². The van der Waals surface area contributed by atoms with E-state index in [4.69, 9.17) is 9.47 Å². The minimum atomic E-state index is 0.00726. The number of aromatic nitrogens is 2. The fourth-order valence-corrected chi connectivity index (χ4v) is 13.7. The highest BCUT2D eigenvalue weighted by Gasteiger charge is 2.43. The maximum atomic E-state index is 13.4. The number of unbranched alkanes of at least 4 members (excludes halogenated alkanes) is 20. The van der Waals surface area contributed by atoms with Crippen molar-refractivity contribution in [2.75, 3.05) is 13.2 Å². The normalized spacial score (nSPS) is 12.8. The molecule has 0 saturated carbocycles. The molecule has 2 heterocycles. The number of aryl methyl sites for hydroxylation is 6. The number of hydrogen-bond donors (Lipinski definition) is 0. The highest BCUT2D eigenvalue weighted by Crippen LogP contribution is 2.57. The Morgan fingerprint density at radius 3 is 1.16 bits per heavy atom. The molecule has 2 aromatic heterocycles. The summed E-state index contributed by atoms with van der Waals surface area (Å²) in [5.41, 5.74) is 15.1. The number of hydrogen-bond acceptors (Lipinski definition) is 4. The van der Waals surface area contributed by atoms with Crippen LogP contribution in [0.3, 0.4) is 0 Å². The quantitative estimate of drug-likeness (QED) is 0.0298. The molecule has 6 aromatic carbocycles. The van der Waals surface area contributed by atoms with Crippen LogP contribution < -0.4 is 20.3 Å². The number of rotatable bonds is 34. The van der Waals surface area contributed by atoms with E-state index >= 15 is 0 Å². The van der Waals surface area contributed by atoms with Gasteiger partial charge in [0.05, 0.1) is 35.3 Å². The van der Waals surface area contributed by atoms with Crippen molar-refractivity contribution in [2.24, 2.45) is 14.1 Å². The molecular weight excluding hydrogens is 993 g/mol. The van der Waals surface area contributed by atoms with Crippen LogP contribution >= 0.6 is 0 Å². The number of benzene rings is 6. The second kappa shape index (κ2) is 29.2. The van der Waals surface area contributed by atoms with Crippen molar-refractivity contribution in [3.8, 4) is 22.6 Å². The predicted molar refractivity (Wildman–Crippen MR) is 345 cm³/mol. The molecule has 0 spiro atoms. The van der Waals surface area contributed by atoms with Gasteiger partial charge in [0.25, 0.3) is 0 Å². The standard InChI is InChI=1S/C75H96N2O4/c1-7-9-11-13-21-31-45-75(46-32-22-14-12-10-8-2)65-49-55(3)71(80-47-33-23-17-15-19-25-35-57-41-43-69-63(51-57)73(78)59-37-27-29-39-67(59)76(69)5)53-61(65)62-54-72(56(4)50-66(62)75)81-48-34-24-18-16-20-26-36-58-42-44-70-64(52-58)74(79)60-38-28-30-40-68(60)77(70)6/h27-30,37-44,49-54H,7-26,31-36,45-48H2,1-6H3. The molecule has 0 atom stereocenters. The molecule has 0 aliphatic heterocycles. The molecule has 0 fully saturated rings. The lowest BCUT2D eigenvalue weighted by atomic mass is 9.70. The van der Waals surface area contributed by atoms with Crippen molar-refractivity contribution in [3.05, 3.63) is 163 Å². The van der Waals surface area contributed by atoms with E-state index in [1.807, 2.05) is 48.5 Å². The molecule has 1 aliphatic rings. The Labute approximate surface area is 485 Å². The van der Waals surface area contributed by atoms with E-state index in [1.165, 1.54) is 186 Å². The van der Waals surface area contributed by atoms with Gasteiger partial charge in [0, 0.05) is 41.1 Å². The SMILES string of the molecule is CCCCCCCCC1(CCCCCCCC)c2cc(C)c(OCCCCCCCCc3ccc4c(c3)c(=O)c3ccccc3n4C)cc2-c2cc(OCCCCCCCCc3ccc4c(c3)c(=O)c3ccccc3n4C)c(C)cc21. The van der Waals surface area contributed by atoms with Gasteiger partial charge >= 0.3 is 0 Å². The molecule has 1 aliphatic carbocycles. The first-order chi connectivity index (χ1) is 39.6. The van der Waals surface area contributed by atoms with Gasteiger partial charge in [-0.05, 0) is 170 Å². The molecule has 0 bridgehead atoms. The molecule has 0 N–H and O–H groups in total. The Bertz CT molecular complexity index is 3260. The van der Waals surface area contributed by atoms with Crippen LogP contribution in [0.1, 0.15) is 214 Å². The zero-order valence-corrected chi connectivity index (χ0v) is 50.6. The first-order valence-electron chi connectivity index (χ1n) is 32.2. The third-order valence-corrected chi connectivity index (χ3v) is 18.5. The van der Waals surface area contributed by atoms with Crippen LogP contribution in [0.2, 0.25) is 0 Å². The summed E-state index contributed by atoms with van der Waals surface area (Å²) < 4.78 is 17.8. The molecule has 430 valence electrons. The summed E-state index contributed by atoms with van der Waals surface area (Å²) in [7, 11) is 4.11. The average Bonchev–Trinajstić information content (AvgIpc) is 3.95. The summed E-state index contributed by atoms with van der Waals surface area (Å²) in [6.45, 7) is 10.7. The smallest absolute Gasteiger partial charge is 0.197 e. The summed E-state index contributed by atoms with van der Waals surface area (Å²) in [6, 6.07) is 38.7. The number of para-hydroxylation sites is 2. The Hall–Kier alpha value is -6.14. The van der Waals surface area contributed by atoms with E-state index in [1.54, 1.807) is 0 Å². The molecule has 0 saturated heterocycles. The molecule has 0 unspecified atom stereocenters. The number of fused-ring (bicyclic) bond motifs is 7. The van der Waals surface area contributed by atoms with Crippen LogP contribution in [0.5, 0.6) is 11.5 Å². The van der Waals surface area contributed by atoms with E-state index in [-0.39, 0.29) is 16.3 Å². The zero-order chi connectivity index (χ0) is 56.6. The van der Waals surface area contributed by atoms with E-state index in [0.717, 1.165) is 107 Å². The highest BCUT2D eigenvalue weighted by atomic mass is 16.5.